The Bertz CT molecular complexity index is 618. The van der Waals surface area contributed by atoms with Gasteiger partial charge in [-0.3, -0.25) is 4.79 Å². The Morgan fingerprint density at radius 2 is 1.89 bits per heavy atom. The van der Waals surface area contributed by atoms with Crippen molar-refractivity contribution in [3.63, 3.8) is 0 Å². The number of aryl methyl sites for hydroxylation is 3. The normalized spacial score (nSPS) is 10.3. The Hall–Kier alpha value is -1.87. The molecule has 1 N–H and O–H groups in total. The second kappa shape index (κ2) is 5.41. The fourth-order valence-corrected chi connectivity index (χ4v) is 2.18. The van der Waals surface area contributed by atoms with E-state index >= 15 is 0 Å². The number of halogens is 1. The SMILES string of the molecule is Cc1ccc(C(=O)Nc2c(C)ccnc2Cl)c(C)c1. The van der Waals surface area contributed by atoms with Gasteiger partial charge in [-0.25, -0.2) is 4.98 Å². The van der Waals surface area contributed by atoms with Crippen molar-refractivity contribution in [2.45, 2.75) is 20.8 Å². The van der Waals surface area contributed by atoms with Crippen molar-refractivity contribution < 1.29 is 4.79 Å². The van der Waals surface area contributed by atoms with Crippen molar-refractivity contribution >= 4 is 23.2 Å². The molecule has 1 heterocycles. The number of nitrogens with one attached hydrogen (secondary N) is 1. The van der Waals surface area contributed by atoms with Gasteiger partial charge in [0.1, 0.15) is 0 Å². The molecule has 0 unspecified atom stereocenters. The van der Waals surface area contributed by atoms with Gasteiger partial charge < -0.3 is 5.32 Å². The number of aromatic nitrogens is 1. The minimum atomic E-state index is -0.171. The van der Waals surface area contributed by atoms with Crippen molar-refractivity contribution in [2.24, 2.45) is 0 Å². The first-order valence-electron chi connectivity index (χ1n) is 5.98. The summed E-state index contributed by atoms with van der Waals surface area (Å²) in [6.07, 6.45) is 1.62. The number of pyridine rings is 1. The van der Waals surface area contributed by atoms with Crippen LogP contribution in [0.2, 0.25) is 5.15 Å². The second-order valence-corrected chi connectivity index (χ2v) is 4.92. The lowest BCUT2D eigenvalue weighted by atomic mass is 10.1. The molecule has 0 aliphatic carbocycles. The first-order valence-corrected chi connectivity index (χ1v) is 6.36. The zero-order valence-electron chi connectivity index (χ0n) is 11.1. The summed E-state index contributed by atoms with van der Waals surface area (Å²) in [6, 6.07) is 7.52. The predicted octanol–water partition coefficient (Wildman–Crippen LogP) is 3.91. The molecule has 0 spiro atoms. The van der Waals surface area contributed by atoms with Crippen LogP contribution in [0.3, 0.4) is 0 Å². The molecule has 1 amide bonds. The Balaban J connectivity index is 2.31. The molecule has 19 heavy (non-hydrogen) atoms. The van der Waals surface area contributed by atoms with Crippen LogP contribution in [0.1, 0.15) is 27.0 Å². The largest absolute Gasteiger partial charge is 0.319 e. The van der Waals surface area contributed by atoms with Gasteiger partial charge in [0.25, 0.3) is 5.91 Å². The standard InChI is InChI=1S/C15H15ClN2O/c1-9-4-5-12(11(3)8-9)15(19)18-13-10(2)6-7-17-14(13)16/h4-8H,1-3H3,(H,18,19). The zero-order valence-corrected chi connectivity index (χ0v) is 11.9. The van der Waals surface area contributed by atoms with E-state index in [1.165, 1.54) is 0 Å². The maximum atomic E-state index is 12.3. The molecule has 2 aromatic rings. The number of benzene rings is 1. The lowest BCUT2D eigenvalue weighted by molar-refractivity contribution is 0.102. The number of hydrogen-bond donors (Lipinski definition) is 1. The molecule has 0 saturated carbocycles. The highest BCUT2D eigenvalue weighted by atomic mass is 35.5. The first kappa shape index (κ1) is 13.6. The van der Waals surface area contributed by atoms with Crippen molar-refractivity contribution in [2.75, 3.05) is 5.32 Å². The van der Waals surface area contributed by atoms with E-state index < -0.39 is 0 Å². The quantitative estimate of drug-likeness (QED) is 0.844. The van der Waals surface area contributed by atoms with E-state index in [1.807, 2.05) is 45.0 Å². The summed E-state index contributed by atoms with van der Waals surface area (Å²) in [4.78, 5) is 16.2. The third kappa shape index (κ3) is 2.93. The molecule has 0 aliphatic heterocycles. The van der Waals surface area contributed by atoms with Crippen molar-refractivity contribution in [1.82, 2.24) is 4.98 Å². The molecule has 3 nitrogen and oxygen atoms in total. The van der Waals surface area contributed by atoms with E-state index in [0.29, 0.717) is 16.4 Å². The molecule has 1 aromatic carbocycles. The molecule has 98 valence electrons. The summed E-state index contributed by atoms with van der Waals surface area (Å²) in [6.45, 7) is 5.79. The second-order valence-electron chi connectivity index (χ2n) is 4.57. The number of nitrogens with zero attached hydrogens (tertiary/aromatic N) is 1. The summed E-state index contributed by atoms with van der Waals surface area (Å²) in [5.41, 5.74) is 4.16. The fourth-order valence-electron chi connectivity index (χ4n) is 1.92. The van der Waals surface area contributed by atoms with Gasteiger partial charge >= 0.3 is 0 Å². The van der Waals surface area contributed by atoms with Crippen LogP contribution in [0.4, 0.5) is 5.69 Å². The van der Waals surface area contributed by atoms with E-state index in [9.17, 15) is 4.79 Å². The number of anilines is 1. The lowest BCUT2D eigenvalue weighted by Gasteiger charge is -2.11. The van der Waals surface area contributed by atoms with Gasteiger partial charge in [-0.2, -0.15) is 0 Å². The van der Waals surface area contributed by atoms with E-state index in [2.05, 4.69) is 10.3 Å². The van der Waals surface area contributed by atoms with Gasteiger partial charge in [0, 0.05) is 11.8 Å². The molecule has 0 bridgehead atoms. The van der Waals surface area contributed by atoms with Crippen LogP contribution in [-0.4, -0.2) is 10.9 Å². The van der Waals surface area contributed by atoms with Gasteiger partial charge in [-0.1, -0.05) is 29.3 Å². The molecule has 4 heteroatoms. The van der Waals surface area contributed by atoms with E-state index in [0.717, 1.165) is 16.7 Å². The van der Waals surface area contributed by atoms with Gasteiger partial charge in [-0.15, -0.1) is 0 Å². The molecule has 1 aromatic heterocycles. The minimum Gasteiger partial charge on any atom is -0.319 e. The van der Waals surface area contributed by atoms with E-state index in [4.69, 9.17) is 11.6 Å². The summed E-state index contributed by atoms with van der Waals surface area (Å²) in [5.74, 6) is -0.171. The van der Waals surface area contributed by atoms with Gasteiger partial charge in [0.15, 0.2) is 5.15 Å². The molecule has 0 radical (unpaired) electrons. The van der Waals surface area contributed by atoms with Crippen LogP contribution in [-0.2, 0) is 0 Å². The third-order valence-electron chi connectivity index (χ3n) is 2.98. The minimum absolute atomic E-state index is 0.171. The molecule has 0 atom stereocenters. The van der Waals surface area contributed by atoms with Gasteiger partial charge in [-0.05, 0) is 44.0 Å². The predicted molar refractivity (Wildman–Crippen MR) is 77.9 cm³/mol. The monoisotopic (exact) mass is 274 g/mol. The van der Waals surface area contributed by atoms with Crippen molar-refractivity contribution in [3.05, 3.63) is 57.9 Å². The van der Waals surface area contributed by atoms with Crippen LogP contribution in [0.15, 0.2) is 30.5 Å². The number of carbonyl (C=O) groups excluding carboxylic acids is 1. The van der Waals surface area contributed by atoms with Gasteiger partial charge in [0.2, 0.25) is 0 Å². The number of hydrogen-bond acceptors (Lipinski definition) is 2. The Morgan fingerprint density at radius 1 is 1.16 bits per heavy atom. The summed E-state index contributed by atoms with van der Waals surface area (Å²) < 4.78 is 0. The lowest BCUT2D eigenvalue weighted by Crippen LogP contribution is -2.15. The van der Waals surface area contributed by atoms with Crippen molar-refractivity contribution in [3.8, 4) is 0 Å². The highest BCUT2D eigenvalue weighted by Gasteiger charge is 2.13. The highest BCUT2D eigenvalue weighted by molar-refractivity contribution is 6.32. The average molecular weight is 275 g/mol. The first-order chi connectivity index (χ1) is 8.99. The molecule has 0 fully saturated rings. The zero-order chi connectivity index (χ0) is 14.0. The average Bonchev–Trinajstić information content (AvgIpc) is 2.33. The van der Waals surface area contributed by atoms with E-state index in [-0.39, 0.29) is 5.91 Å². The Kier molecular flexibility index (Phi) is 3.86. The highest BCUT2D eigenvalue weighted by Crippen LogP contribution is 2.24. The van der Waals surface area contributed by atoms with Crippen LogP contribution < -0.4 is 5.32 Å². The van der Waals surface area contributed by atoms with Crippen LogP contribution >= 0.6 is 11.6 Å². The third-order valence-corrected chi connectivity index (χ3v) is 3.26. The topological polar surface area (TPSA) is 42.0 Å². The number of rotatable bonds is 2. The van der Waals surface area contributed by atoms with E-state index in [1.54, 1.807) is 6.20 Å². The summed E-state index contributed by atoms with van der Waals surface area (Å²) in [5, 5.41) is 3.13. The van der Waals surface area contributed by atoms with Crippen LogP contribution in [0.25, 0.3) is 0 Å². The van der Waals surface area contributed by atoms with Crippen LogP contribution in [0, 0.1) is 20.8 Å². The molecule has 2 rings (SSSR count). The maximum Gasteiger partial charge on any atom is 0.256 e. The van der Waals surface area contributed by atoms with Crippen molar-refractivity contribution in [1.29, 1.82) is 0 Å². The fraction of sp³-hybridized carbons (Fsp3) is 0.200. The smallest absolute Gasteiger partial charge is 0.256 e. The Labute approximate surface area is 117 Å². The number of amides is 1. The van der Waals surface area contributed by atoms with Gasteiger partial charge in [0.05, 0.1) is 5.69 Å². The number of carbonyl (C=O) groups is 1. The van der Waals surface area contributed by atoms with Crippen LogP contribution in [0.5, 0.6) is 0 Å². The molecule has 0 saturated heterocycles. The Morgan fingerprint density at radius 3 is 2.53 bits per heavy atom. The summed E-state index contributed by atoms with van der Waals surface area (Å²) >= 11 is 6.00. The molecule has 0 aliphatic rings. The maximum absolute atomic E-state index is 12.3. The summed E-state index contributed by atoms with van der Waals surface area (Å²) in [7, 11) is 0. The molecular weight excluding hydrogens is 260 g/mol. The molecular formula is C15H15ClN2O.